The highest BCUT2D eigenvalue weighted by molar-refractivity contribution is 6.31. The molecule has 96 valence electrons. The summed E-state index contributed by atoms with van der Waals surface area (Å²) < 4.78 is 6.70. The minimum absolute atomic E-state index is 0.599. The number of nitrogens with two attached hydrogens (primary N) is 1. The molecule has 0 fully saturated rings. The number of benzene rings is 1. The standard InChI is InChI=1S/C11H14ClN5O/c1-18-6-2-5-17-11(14-15-16-17)9-7-8(12)3-4-10(9)13/h3-4,7H,2,5-6,13H2,1H3. The Kier molecular flexibility index (Phi) is 4.11. The maximum absolute atomic E-state index is 5.96. The van der Waals surface area contributed by atoms with Gasteiger partial charge < -0.3 is 10.5 Å². The molecule has 0 spiro atoms. The maximum atomic E-state index is 5.96. The number of halogens is 1. The van der Waals surface area contributed by atoms with Crippen LogP contribution in [0, 0.1) is 0 Å². The molecule has 0 atom stereocenters. The van der Waals surface area contributed by atoms with Gasteiger partial charge in [-0.1, -0.05) is 11.6 Å². The lowest BCUT2D eigenvalue weighted by molar-refractivity contribution is 0.189. The molecule has 7 heteroatoms. The molecule has 0 aliphatic carbocycles. The Morgan fingerprint density at radius 1 is 1.44 bits per heavy atom. The third-order valence-electron chi connectivity index (χ3n) is 2.51. The Morgan fingerprint density at radius 2 is 2.28 bits per heavy atom. The molecule has 0 aliphatic rings. The van der Waals surface area contributed by atoms with Crippen LogP contribution in [0.4, 0.5) is 5.69 Å². The van der Waals surface area contributed by atoms with E-state index in [1.807, 2.05) is 0 Å². The predicted octanol–water partition coefficient (Wildman–Crippen LogP) is 1.61. The molecule has 2 rings (SSSR count). The fourth-order valence-corrected chi connectivity index (χ4v) is 1.80. The smallest absolute Gasteiger partial charge is 0.184 e. The molecule has 0 unspecified atom stereocenters. The summed E-state index contributed by atoms with van der Waals surface area (Å²) in [4.78, 5) is 0. The second-order valence-electron chi connectivity index (χ2n) is 3.80. The molecule has 6 nitrogen and oxygen atoms in total. The summed E-state index contributed by atoms with van der Waals surface area (Å²) >= 11 is 5.96. The third-order valence-corrected chi connectivity index (χ3v) is 2.74. The number of ether oxygens (including phenoxy) is 1. The van der Waals surface area contributed by atoms with Gasteiger partial charge in [-0.15, -0.1) is 5.10 Å². The van der Waals surface area contributed by atoms with Gasteiger partial charge >= 0.3 is 0 Å². The lowest BCUT2D eigenvalue weighted by Crippen LogP contribution is -2.06. The first-order chi connectivity index (χ1) is 8.72. The zero-order chi connectivity index (χ0) is 13.0. The summed E-state index contributed by atoms with van der Waals surface area (Å²) in [5, 5.41) is 12.2. The van der Waals surface area contributed by atoms with Crippen molar-refractivity contribution in [3.05, 3.63) is 23.2 Å². The Balaban J connectivity index is 2.27. The molecule has 0 bridgehead atoms. The number of hydrogen-bond acceptors (Lipinski definition) is 5. The predicted molar refractivity (Wildman–Crippen MR) is 69.2 cm³/mol. The minimum Gasteiger partial charge on any atom is -0.398 e. The van der Waals surface area contributed by atoms with E-state index in [9.17, 15) is 0 Å². The zero-order valence-corrected chi connectivity index (χ0v) is 10.8. The molecule has 0 saturated heterocycles. The largest absolute Gasteiger partial charge is 0.398 e. The monoisotopic (exact) mass is 267 g/mol. The van der Waals surface area contributed by atoms with Crippen LogP contribution in [0.15, 0.2) is 18.2 Å². The fourth-order valence-electron chi connectivity index (χ4n) is 1.63. The van der Waals surface area contributed by atoms with Crippen molar-refractivity contribution >= 4 is 17.3 Å². The van der Waals surface area contributed by atoms with E-state index in [-0.39, 0.29) is 0 Å². The van der Waals surface area contributed by atoms with E-state index in [1.165, 1.54) is 0 Å². The molecule has 2 N–H and O–H groups in total. The zero-order valence-electron chi connectivity index (χ0n) is 10.0. The topological polar surface area (TPSA) is 78.8 Å². The van der Waals surface area contributed by atoms with Crippen molar-refractivity contribution < 1.29 is 4.74 Å². The first kappa shape index (κ1) is 12.8. The Labute approximate surface area is 110 Å². The molecule has 0 aliphatic heterocycles. The number of aryl methyl sites for hydroxylation is 1. The molecule has 0 radical (unpaired) electrons. The van der Waals surface area contributed by atoms with E-state index in [0.717, 1.165) is 12.0 Å². The summed E-state index contributed by atoms with van der Waals surface area (Å²) in [5.74, 6) is 0.617. The number of aromatic nitrogens is 4. The molecule has 0 amide bonds. The second-order valence-corrected chi connectivity index (χ2v) is 4.24. The summed E-state index contributed by atoms with van der Waals surface area (Å²) in [6.07, 6.45) is 0.828. The van der Waals surface area contributed by atoms with Crippen molar-refractivity contribution in [2.45, 2.75) is 13.0 Å². The number of methoxy groups -OCH3 is 1. The van der Waals surface area contributed by atoms with Crippen LogP contribution in [0.1, 0.15) is 6.42 Å². The first-order valence-corrected chi connectivity index (χ1v) is 5.90. The fraction of sp³-hybridized carbons (Fsp3) is 0.364. The van der Waals surface area contributed by atoms with E-state index in [4.69, 9.17) is 22.1 Å². The molecule has 18 heavy (non-hydrogen) atoms. The SMILES string of the molecule is COCCCn1nnnc1-c1cc(Cl)ccc1N. The van der Waals surface area contributed by atoms with E-state index in [1.54, 1.807) is 30.0 Å². The van der Waals surface area contributed by atoms with Crippen molar-refractivity contribution in [3.63, 3.8) is 0 Å². The van der Waals surface area contributed by atoms with Gasteiger partial charge in [-0.2, -0.15) is 0 Å². The van der Waals surface area contributed by atoms with Crippen LogP contribution in [0.2, 0.25) is 5.02 Å². The average molecular weight is 268 g/mol. The molecule has 1 aromatic heterocycles. The number of rotatable bonds is 5. The van der Waals surface area contributed by atoms with Gasteiger partial charge in [0, 0.05) is 36.5 Å². The quantitative estimate of drug-likeness (QED) is 0.658. The van der Waals surface area contributed by atoms with Crippen molar-refractivity contribution in [2.24, 2.45) is 0 Å². The van der Waals surface area contributed by atoms with E-state index < -0.39 is 0 Å². The molecule has 1 heterocycles. The number of nitrogens with zero attached hydrogens (tertiary/aromatic N) is 4. The summed E-state index contributed by atoms with van der Waals surface area (Å²) in [6, 6.07) is 5.24. The van der Waals surface area contributed by atoms with Gasteiger partial charge in [-0.05, 0) is 35.0 Å². The lowest BCUT2D eigenvalue weighted by atomic mass is 10.1. The van der Waals surface area contributed by atoms with E-state index in [2.05, 4.69) is 15.5 Å². The van der Waals surface area contributed by atoms with Gasteiger partial charge in [0.2, 0.25) is 0 Å². The lowest BCUT2D eigenvalue weighted by Gasteiger charge is -2.07. The minimum atomic E-state index is 0.599. The summed E-state index contributed by atoms with van der Waals surface area (Å²) in [6.45, 7) is 1.33. The Hall–Kier alpha value is -1.66. The van der Waals surface area contributed by atoms with Crippen LogP contribution < -0.4 is 5.73 Å². The molecule has 1 aromatic carbocycles. The highest BCUT2D eigenvalue weighted by Crippen LogP contribution is 2.26. The highest BCUT2D eigenvalue weighted by atomic mass is 35.5. The Morgan fingerprint density at radius 3 is 3.06 bits per heavy atom. The van der Waals surface area contributed by atoms with Crippen molar-refractivity contribution in [3.8, 4) is 11.4 Å². The number of hydrogen-bond donors (Lipinski definition) is 1. The van der Waals surface area contributed by atoms with Gasteiger partial charge in [0.25, 0.3) is 0 Å². The van der Waals surface area contributed by atoms with Crippen LogP contribution in [-0.2, 0) is 11.3 Å². The molecular formula is C11H14ClN5O. The highest BCUT2D eigenvalue weighted by Gasteiger charge is 2.12. The van der Waals surface area contributed by atoms with Crippen molar-refractivity contribution in [1.29, 1.82) is 0 Å². The number of anilines is 1. The van der Waals surface area contributed by atoms with E-state index in [0.29, 0.717) is 29.7 Å². The third kappa shape index (κ3) is 2.77. The summed E-state index contributed by atoms with van der Waals surface area (Å²) in [5.41, 5.74) is 7.25. The van der Waals surface area contributed by atoms with E-state index >= 15 is 0 Å². The summed E-state index contributed by atoms with van der Waals surface area (Å²) in [7, 11) is 1.66. The van der Waals surface area contributed by atoms with Gasteiger partial charge in [0.1, 0.15) is 0 Å². The normalized spacial score (nSPS) is 10.8. The van der Waals surface area contributed by atoms with Crippen LogP contribution >= 0.6 is 11.6 Å². The maximum Gasteiger partial charge on any atom is 0.184 e. The van der Waals surface area contributed by atoms with Gasteiger partial charge in [0.15, 0.2) is 5.82 Å². The number of tetrazole rings is 1. The molecular weight excluding hydrogens is 254 g/mol. The first-order valence-electron chi connectivity index (χ1n) is 5.53. The van der Waals surface area contributed by atoms with Crippen LogP contribution in [0.5, 0.6) is 0 Å². The van der Waals surface area contributed by atoms with Gasteiger partial charge in [-0.25, -0.2) is 4.68 Å². The van der Waals surface area contributed by atoms with Gasteiger partial charge in [-0.3, -0.25) is 0 Å². The number of nitrogen functional groups attached to an aromatic ring is 1. The van der Waals surface area contributed by atoms with Crippen LogP contribution in [0.3, 0.4) is 0 Å². The second kappa shape index (κ2) is 5.79. The van der Waals surface area contributed by atoms with Gasteiger partial charge in [0.05, 0.1) is 0 Å². The van der Waals surface area contributed by atoms with Crippen LogP contribution in [0.25, 0.3) is 11.4 Å². The van der Waals surface area contributed by atoms with Crippen molar-refractivity contribution in [1.82, 2.24) is 20.2 Å². The van der Waals surface area contributed by atoms with Crippen LogP contribution in [-0.4, -0.2) is 33.9 Å². The molecule has 0 saturated carbocycles. The average Bonchev–Trinajstić information content (AvgIpc) is 2.81. The van der Waals surface area contributed by atoms with Crippen molar-refractivity contribution in [2.75, 3.05) is 19.5 Å². The Bertz CT molecular complexity index is 528. The molecule has 2 aromatic rings.